The summed E-state index contributed by atoms with van der Waals surface area (Å²) in [5, 5.41) is 9.54. The second-order valence-corrected chi connectivity index (χ2v) is 4.81. The van der Waals surface area contributed by atoms with E-state index in [-0.39, 0.29) is 6.61 Å². The summed E-state index contributed by atoms with van der Waals surface area (Å²) >= 11 is 0. The standard InChI is InChI=1S/C13H17N3O/c1-10-5-7-15(8-10)13-11(9-17)16-6-3-2-4-12(16)14-13/h2-4,6,10,17H,5,7-9H2,1H3. The van der Waals surface area contributed by atoms with Gasteiger partial charge in [0.25, 0.3) is 0 Å². The van der Waals surface area contributed by atoms with Crippen molar-refractivity contribution in [3.8, 4) is 0 Å². The molecule has 90 valence electrons. The van der Waals surface area contributed by atoms with Crippen LogP contribution in [0.4, 0.5) is 5.82 Å². The van der Waals surface area contributed by atoms with Gasteiger partial charge in [-0.1, -0.05) is 13.0 Å². The van der Waals surface area contributed by atoms with Gasteiger partial charge >= 0.3 is 0 Å². The molecule has 2 aromatic rings. The third-order valence-electron chi connectivity index (χ3n) is 3.48. The lowest BCUT2D eigenvalue weighted by Crippen LogP contribution is -2.21. The van der Waals surface area contributed by atoms with Crippen LogP contribution in [0, 0.1) is 5.92 Å². The molecule has 0 bridgehead atoms. The molecule has 17 heavy (non-hydrogen) atoms. The van der Waals surface area contributed by atoms with Gasteiger partial charge < -0.3 is 10.0 Å². The van der Waals surface area contributed by atoms with Gasteiger partial charge in [0.1, 0.15) is 5.65 Å². The van der Waals surface area contributed by atoms with Crippen LogP contribution in [-0.4, -0.2) is 27.6 Å². The Morgan fingerprint density at radius 3 is 3.06 bits per heavy atom. The fourth-order valence-electron chi connectivity index (χ4n) is 2.56. The van der Waals surface area contributed by atoms with Gasteiger partial charge in [-0.15, -0.1) is 0 Å². The number of pyridine rings is 1. The molecule has 1 aliphatic heterocycles. The number of hydrogen-bond donors (Lipinski definition) is 1. The summed E-state index contributed by atoms with van der Waals surface area (Å²) in [6, 6.07) is 5.91. The molecule has 0 saturated carbocycles. The minimum Gasteiger partial charge on any atom is -0.390 e. The van der Waals surface area contributed by atoms with Crippen LogP contribution in [0.25, 0.3) is 5.65 Å². The Hall–Kier alpha value is -1.55. The van der Waals surface area contributed by atoms with Crippen molar-refractivity contribution in [2.75, 3.05) is 18.0 Å². The van der Waals surface area contributed by atoms with Crippen molar-refractivity contribution in [1.82, 2.24) is 9.38 Å². The lowest BCUT2D eigenvalue weighted by atomic mass is 10.2. The van der Waals surface area contributed by atoms with Gasteiger partial charge in [-0.05, 0) is 24.5 Å². The van der Waals surface area contributed by atoms with Crippen molar-refractivity contribution in [3.63, 3.8) is 0 Å². The van der Waals surface area contributed by atoms with E-state index >= 15 is 0 Å². The first kappa shape index (κ1) is 10.6. The maximum atomic E-state index is 9.54. The number of aliphatic hydroxyl groups excluding tert-OH is 1. The highest BCUT2D eigenvalue weighted by molar-refractivity contribution is 5.56. The average molecular weight is 231 g/mol. The Morgan fingerprint density at radius 2 is 2.35 bits per heavy atom. The SMILES string of the molecule is CC1CCN(c2nc3ccccn3c2CO)C1. The van der Waals surface area contributed by atoms with Crippen LogP contribution >= 0.6 is 0 Å². The van der Waals surface area contributed by atoms with Crippen molar-refractivity contribution >= 4 is 11.5 Å². The number of rotatable bonds is 2. The van der Waals surface area contributed by atoms with Crippen molar-refractivity contribution < 1.29 is 5.11 Å². The summed E-state index contributed by atoms with van der Waals surface area (Å²) in [5.74, 6) is 1.66. The number of nitrogens with zero attached hydrogens (tertiary/aromatic N) is 3. The first-order valence-electron chi connectivity index (χ1n) is 6.11. The Kier molecular flexibility index (Phi) is 2.52. The predicted molar refractivity (Wildman–Crippen MR) is 67.1 cm³/mol. The fourth-order valence-corrected chi connectivity index (χ4v) is 2.56. The highest BCUT2D eigenvalue weighted by Crippen LogP contribution is 2.27. The van der Waals surface area contributed by atoms with E-state index in [1.54, 1.807) is 0 Å². The van der Waals surface area contributed by atoms with Gasteiger partial charge in [0.2, 0.25) is 0 Å². The minimum absolute atomic E-state index is 0.0331. The summed E-state index contributed by atoms with van der Waals surface area (Å²) in [5.41, 5.74) is 1.81. The molecule has 1 N–H and O–H groups in total. The number of aromatic nitrogens is 2. The molecule has 1 atom stereocenters. The van der Waals surface area contributed by atoms with Crippen LogP contribution < -0.4 is 4.90 Å². The van der Waals surface area contributed by atoms with E-state index in [1.807, 2.05) is 28.8 Å². The van der Waals surface area contributed by atoms with Crippen molar-refractivity contribution in [1.29, 1.82) is 0 Å². The second kappa shape index (κ2) is 4.04. The normalized spacial score (nSPS) is 20.4. The second-order valence-electron chi connectivity index (χ2n) is 4.81. The number of anilines is 1. The molecular weight excluding hydrogens is 214 g/mol. The highest BCUT2D eigenvalue weighted by atomic mass is 16.3. The molecular formula is C13H17N3O. The van der Waals surface area contributed by atoms with Crippen LogP contribution in [0.2, 0.25) is 0 Å². The Labute approximate surface area is 101 Å². The molecule has 0 aliphatic carbocycles. The third-order valence-corrected chi connectivity index (χ3v) is 3.48. The van der Waals surface area contributed by atoms with Crippen LogP contribution in [0.1, 0.15) is 19.0 Å². The monoisotopic (exact) mass is 231 g/mol. The van der Waals surface area contributed by atoms with E-state index < -0.39 is 0 Å². The predicted octanol–water partition coefficient (Wildman–Crippen LogP) is 1.67. The quantitative estimate of drug-likeness (QED) is 0.854. The van der Waals surface area contributed by atoms with Crippen molar-refractivity contribution in [2.45, 2.75) is 20.0 Å². The van der Waals surface area contributed by atoms with E-state index in [2.05, 4.69) is 16.8 Å². The number of fused-ring (bicyclic) bond motifs is 1. The van der Waals surface area contributed by atoms with Crippen molar-refractivity contribution in [3.05, 3.63) is 30.1 Å². The summed E-state index contributed by atoms with van der Waals surface area (Å²) in [7, 11) is 0. The fraction of sp³-hybridized carbons (Fsp3) is 0.462. The zero-order chi connectivity index (χ0) is 11.8. The molecule has 0 amide bonds. The Balaban J connectivity index is 2.09. The molecule has 1 fully saturated rings. The molecule has 0 spiro atoms. The topological polar surface area (TPSA) is 40.8 Å². The Morgan fingerprint density at radius 1 is 1.47 bits per heavy atom. The number of hydrogen-bond acceptors (Lipinski definition) is 3. The molecule has 0 radical (unpaired) electrons. The minimum atomic E-state index is 0.0331. The largest absolute Gasteiger partial charge is 0.390 e. The molecule has 4 nitrogen and oxygen atoms in total. The Bertz CT molecular complexity index is 534. The zero-order valence-corrected chi connectivity index (χ0v) is 10.0. The maximum Gasteiger partial charge on any atom is 0.153 e. The first-order valence-corrected chi connectivity index (χ1v) is 6.11. The van der Waals surface area contributed by atoms with E-state index in [4.69, 9.17) is 0 Å². The van der Waals surface area contributed by atoms with Gasteiger partial charge in [-0.2, -0.15) is 0 Å². The number of imidazole rings is 1. The molecule has 1 aliphatic rings. The lowest BCUT2D eigenvalue weighted by Gasteiger charge is -2.16. The lowest BCUT2D eigenvalue weighted by molar-refractivity contribution is 0.276. The van der Waals surface area contributed by atoms with E-state index in [9.17, 15) is 5.11 Å². The molecule has 1 saturated heterocycles. The van der Waals surface area contributed by atoms with Gasteiger partial charge in [0, 0.05) is 19.3 Å². The van der Waals surface area contributed by atoms with Crippen LogP contribution in [-0.2, 0) is 6.61 Å². The maximum absolute atomic E-state index is 9.54. The molecule has 1 unspecified atom stereocenters. The molecule has 3 rings (SSSR count). The van der Waals surface area contributed by atoms with Crippen LogP contribution in [0.5, 0.6) is 0 Å². The van der Waals surface area contributed by atoms with Crippen LogP contribution in [0.15, 0.2) is 24.4 Å². The van der Waals surface area contributed by atoms with Gasteiger partial charge in [-0.25, -0.2) is 4.98 Å². The van der Waals surface area contributed by atoms with E-state index in [1.165, 1.54) is 6.42 Å². The summed E-state index contributed by atoms with van der Waals surface area (Å²) in [6.07, 6.45) is 3.16. The average Bonchev–Trinajstić information content (AvgIpc) is 2.91. The summed E-state index contributed by atoms with van der Waals surface area (Å²) in [4.78, 5) is 6.91. The third kappa shape index (κ3) is 1.69. The zero-order valence-electron chi connectivity index (χ0n) is 10.0. The van der Waals surface area contributed by atoms with Crippen molar-refractivity contribution in [2.24, 2.45) is 5.92 Å². The van der Waals surface area contributed by atoms with Gasteiger partial charge in [0.05, 0.1) is 12.3 Å². The van der Waals surface area contributed by atoms with E-state index in [0.29, 0.717) is 5.92 Å². The first-order chi connectivity index (χ1) is 8.29. The van der Waals surface area contributed by atoms with Crippen LogP contribution in [0.3, 0.4) is 0 Å². The number of aliphatic hydroxyl groups is 1. The van der Waals surface area contributed by atoms with E-state index in [0.717, 1.165) is 30.2 Å². The molecule has 2 aromatic heterocycles. The summed E-state index contributed by atoms with van der Waals surface area (Å²) < 4.78 is 1.97. The van der Waals surface area contributed by atoms with Gasteiger partial charge in [-0.3, -0.25) is 4.40 Å². The molecule has 3 heterocycles. The summed E-state index contributed by atoms with van der Waals surface area (Å²) in [6.45, 7) is 4.37. The highest BCUT2D eigenvalue weighted by Gasteiger charge is 2.24. The molecule has 4 heteroatoms. The van der Waals surface area contributed by atoms with Gasteiger partial charge in [0.15, 0.2) is 5.82 Å². The smallest absolute Gasteiger partial charge is 0.153 e. The molecule has 0 aromatic carbocycles.